The summed E-state index contributed by atoms with van der Waals surface area (Å²) in [5.74, 6) is 0.806. The summed E-state index contributed by atoms with van der Waals surface area (Å²) >= 11 is 0. The number of rotatable bonds is 6. The highest BCUT2D eigenvalue weighted by Gasteiger charge is 1.99. The van der Waals surface area contributed by atoms with E-state index in [1.54, 1.807) is 0 Å². The maximum Gasteiger partial charge on any atom is 0.221 e. The Morgan fingerprint density at radius 3 is 2.62 bits per heavy atom. The van der Waals surface area contributed by atoms with Crippen LogP contribution in [-0.2, 0) is 11.3 Å². The van der Waals surface area contributed by atoms with Gasteiger partial charge in [0.05, 0.1) is 6.61 Å². The first-order chi connectivity index (χ1) is 10.2. The number of anilines is 2. The zero-order chi connectivity index (χ0) is 15.1. The molecule has 2 N–H and O–H groups in total. The Kier molecular flexibility index (Phi) is 5.21. The second kappa shape index (κ2) is 7.33. The van der Waals surface area contributed by atoms with Crippen molar-refractivity contribution < 1.29 is 9.53 Å². The van der Waals surface area contributed by atoms with Gasteiger partial charge in [0.25, 0.3) is 0 Å². The number of ether oxygens (including phenoxy) is 1. The van der Waals surface area contributed by atoms with Crippen LogP contribution in [-0.4, -0.2) is 12.5 Å². The SMILES string of the molecule is CCOc1cccc(CNc2cccc(NC(C)=O)c2)c1. The van der Waals surface area contributed by atoms with Gasteiger partial charge in [0, 0.05) is 24.8 Å². The normalized spacial score (nSPS) is 10.0. The molecule has 0 radical (unpaired) electrons. The summed E-state index contributed by atoms with van der Waals surface area (Å²) in [5, 5.41) is 6.11. The van der Waals surface area contributed by atoms with E-state index < -0.39 is 0 Å². The summed E-state index contributed by atoms with van der Waals surface area (Å²) in [6.45, 7) is 4.83. The third-order valence-electron chi connectivity index (χ3n) is 2.89. The van der Waals surface area contributed by atoms with Crippen molar-refractivity contribution in [3.05, 3.63) is 54.1 Å². The summed E-state index contributed by atoms with van der Waals surface area (Å²) in [6, 6.07) is 15.7. The first-order valence-corrected chi connectivity index (χ1v) is 7.00. The first kappa shape index (κ1) is 14.9. The van der Waals surface area contributed by atoms with E-state index in [0.717, 1.165) is 22.7 Å². The fourth-order valence-electron chi connectivity index (χ4n) is 2.03. The molecule has 2 aromatic carbocycles. The average molecular weight is 284 g/mol. The van der Waals surface area contributed by atoms with E-state index in [1.807, 2.05) is 55.5 Å². The van der Waals surface area contributed by atoms with Gasteiger partial charge in [-0.05, 0) is 42.8 Å². The summed E-state index contributed by atoms with van der Waals surface area (Å²) < 4.78 is 5.49. The Labute approximate surface area is 125 Å². The number of hydrogen-bond acceptors (Lipinski definition) is 3. The number of benzene rings is 2. The Bertz CT molecular complexity index is 611. The minimum absolute atomic E-state index is 0.0726. The van der Waals surface area contributed by atoms with Gasteiger partial charge in [0.2, 0.25) is 5.91 Å². The van der Waals surface area contributed by atoms with E-state index in [4.69, 9.17) is 4.74 Å². The molecule has 0 aromatic heterocycles. The van der Waals surface area contributed by atoms with Gasteiger partial charge in [-0.1, -0.05) is 18.2 Å². The van der Waals surface area contributed by atoms with Crippen LogP contribution in [0.1, 0.15) is 19.4 Å². The van der Waals surface area contributed by atoms with Crippen LogP contribution in [0.4, 0.5) is 11.4 Å². The lowest BCUT2D eigenvalue weighted by atomic mass is 10.2. The van der Waals surface area contributed by atoms with Gasteiger partial charge < -0.3 is 15.4 Å². The lowest BCUT2D eigenvalue weighted by Crippen LogP contribution is -2.06. The molecule has 2 rings (SSSR count). The highest BCUT2D eigenvalue weighted by atomic mass is 16.5. The molecule has 0 aliphatic carbocycles. The Hall–Kier alpha value is -2.49. The molecule has 110 valence electrons. The molecule has 0 aliphatic rings. The highest BCUT2D eigenvalue weighted by Crippen LogP contribution is 2.18. The zero-order valence-corrected chi connectivity index (χ0v) is 12.3. The Balaban J connectivity index is 1.99. The van der Waals surface area contributed by atoms with Crippen molar-refractivity contribution in [2.24, 2.45) is 0 Å². The summed E-state index contributed by atoms with van der Waals surface area (Å²) in [5.41, 5.74) is 2.89. The molecule has 0 heterocycles. The van der Waals surface area contributed by atoms with Crippen molar-refractivity contribution in [1.29, 1.82) is 0 Å². The second-order valence-corrected chi connectivity index (χ2v) is 4.70. The van der Waals surface area contributed by atoms with Crippen LogP contribution in [0.2, 0.25) is 0 Å². The Morgan fingerprint density at radius 2 is 1.86 bits per heavy atom. The highest BCUT2D eigenvalue weighted by molar-refractivity contribution is 5.89. The molecule has 0 saturated carbocycles. The molecular formula is C17H20N2O2. The number of nitrogens with one attached hydrogen (secondary N) is 2. The van der Waals surface area contributed by atoms with Gasteiger partial charge in [0.15, 0.2) is 0 Å². The van der Waals surface area contributed by atoms with Crippen molar-refractivity contribution in [3.8, 4) is 5.75 Å². The quantitative estimate of drug-likeness (QED) is 0.851. The molecule has 4 heteroatoms. The van der Waals surface area contributed by atoms with Crippen molar-refractivity contribution in [2.45, 2.75) is 20.4 Å². The third-order valence-corrected chi connectivity index (χ3v) is 2.89. The van der Waals surface area contributed by atoms with Crippen molar-refractivity contribution in [2.75, 3.05) is 17.2 Å². The van der Waals surface area contributed by atoms with Gasteiger partial charge in [-0.3, -0.25) is 4.79 Å². The van der Waals surface area contributed by atoms with Crippen LogP contribution in [0.25, 0.3) is 0 Å². The number of amides is 1. The van der Waals surface area contributed by atoms with Gasteiger partial charge in [-0.15, -0.1) is 0 Å². The summed E-state index contributed by atoms with van der Waals surface area (Å²) in [4.78, 5) is 11.1. The Morgan fingerprint density at radius 1 is 1.10 bits per heavy atom. The molecule has 0 aliphatic heterocycles. The molecule has 0 atom stereocenters. The topological polar surface area (TPSA) is 50.4 Å². The second-order valence-electron chi connectivity index (χ2n) is 4.70. The van der Waals surface area contributed by atoms with E-state index in [1.165, 1.54) is 6.92 Å². The van der Waals surface area contributed by atoms with Gasteiger partial charge >= 0.3 is 0 Å². The lowest BCUT2D eigenvalue weighted by molar-refractivity contribution is -0.114. The van der Waals surface area contributed by atoms with Crippen LogP contribution in [0.5, 0.6) is 5.75 Å². The van der Waals surface area contributed by atoms with Gasteiger partial charge in [0.1, 0.15) is 5.75 Å². The molecule has 4 nitrogen and oxygen atoms in total. The molecule has 2 aromatic rings. The van der Waals surface area contributed by atoms with Gasteiger partial charge in [-0.2, -0.15) is 0 Å². The monoisotopic (exact) mass is 284 g/mol. The molecule has 21 heavy (non-hydrogen) atoms. The van der Waals surface area contributed by atoms with Crippen molar-refractivity contribution in [1.82, 2.24) is 0 Å². The van der Waals surface area contributed by atoms with Crippen LogP contribution < -0.4 is 15.4 Å². The van der Waals surface area contributed by atoms with Crippen LogP contribution in [0, 0.1) is 0 Å². The number of hydrogen-bond donors (Lipinski definition) is 2. The fourth-order valence-corrected chi connectivity index (χ4v) is 2.03. The van der Waals surface area contributed by atoms with E-state index >= 15 is 0 Å². The average Bonchev–Trinajstić information content (AvgIpc) is 2.46. The predicted octanol–water partition coefficient (Wildman–Crippen LogP) is 3.66. The van der Waals surface area contributed by atoms with Crippen LogP contribution in [0.15, 0.2) is 48.5 Å². The smallest absolute Gasteiger partial charge is 0.221 e. The lowest BCUT2D eigenvalue weighted by Gasteiger charge is -2.10. The van der Waals surface area contributed by atoms with Crippen LogP contribution in [0.3, 0.4) is 0 Å². The summed E-state index contributed by atoms with van der Waals surface area (Å²) in [7, 11) is 0. The maximum absolute atomic E-state index is 11.1. The molecule has 0 saturated heterocycles. The standard InChI is InChI=1S/C17H20N2O2/c1-3-21-17-9-4-6-14(10-17)12-18-15-7-5-8-16(11-15)19-13(2)20/h4-11,18H,3,12H2,1-2H3,(H,19,20). The van der Waals surface area contributed by atoms with E-state index in [0.29, 0.717) is 13.2 Å². The molecule has 0 fully saturated rings. The van der Waals surface area contributed by atoms with E-state index in [-0.39, 0.29) is 5.91 Å². The molecule has 0 unspecified atom stereocenters. The third kappa shape index (κ3) is 4.84. The van der Waals surface area contributed by atoms with Crippen molar-refractivity contribution in [3.63, 3.8) is 0 Å². The van der Waals surface area contributed by atoms with Crippen LogP contribution >= 0.6 is 0 Å². The van der Waals surface area contributed by atoms with E-state index in [2.05, 4.69) is 10.6 Å². The molecular weight excluding hydrogens is 264 g/mol. The number of carbonyl (C=O) groups is 1. The number of carbonyl (C=O) groups excluding carboxylic acids is 1. The first-order valence-electron chi connectivity index (χ1n) is 7.00. The largest absolute Gasteiger partial charge is 0.494 e. The predicted molar refractivity (Wildman–Crippen MR) is 85.7 cm³/mol. The van der Waals surface area contributed by atoms with Gasteiger partial charge in [-0.25, -0.2) is 0 Å². The zero-order valence-electron chi connectivity index (χ0n) is 12.3. The molecule has 0 spiro atoms. The maximum atomic E-state index is 11.1. The molecule has 1 amide bonds. The minimum Gasteiger partial charge on any atom is -0.494 e. The summed E-state index contributed by atoms with van der Waals surface area (Å²) in [6.07, 6.45) is 0. The van der Waals surface area contributed by atoms with E-state index in [9.17, 15) is 4.79 Å². The van der Waals surface area contributed by atoms with Crippen molar-refractivity contribution >= 4 is 17.3 Å². The fraction of sp³-hybridized carbons (Fsp3) is 0.235. The molecule has 0 bridgehead atoms. The minimum atomic E-state index is -0.0726.